The molecular formula is C19H16ClF3O. The lowest BCUT2D eigenvalue weighted by atomic mass is 9.66. The van der Waals surface area contributed by atoms with Crippen molar-refractivity contribution in [2.75, 3.05) is 0 Å². The molecule has 0 heterocycles. The number of halogens is 4. The first kappa shape index (κ1) is 17.0. The molecule has 0 spiro atoms. The van der Waals surface area contributed by atoms with Crippen molar-refractivity contribution in [1.82, 2.24) is 0 Å². The monoisotopic (exact) mass is 352 g/mol. The second-order valence-corrected chi connectivity index (χ2v) is 6.54. The average Bonchev–Trinajstić information content (AvgIpc) is 2.51. The Morgan fingerprint density at radius 1 is 1.04 bits per heavy atom. The zero-order valence-electron chi connectivity index (χ0n) is 12.8. The molecule has 0 amide bonds. The van der Waals surface area contributed by atoms with Crippen LogP contribution in [0, 0.1) is 5.92 Å². The topological polar surface area (TPSA) is 17.1 Å². The first-order valence-corrected chi connectivity index (χ1v) is 8.19. The first-order valence-electron chi connectivity index (χ1n) is 7.82. The van der Waals surface area contributed by atoms with E-state index in [4.69, 9.17) is 11.6 Å². The largest absolute Gasteiger partial charge is 0.416 e. The highest BCUT2D eigenvalue weighted by Crippen LogP contribution is 2.48. The van der Waals surface area contributed by atoms with Crippen molar-refractivity contribution in [2.45, 2.75) is 31.4 Å². The van der Waals surface area contributed by atoms with Gasteiger partial charge in [-0.2, -0.15) is 13.2 Å². The maximum absolute atomic E-state index is 13.2. The van der Waals surface area contributed by atoms with E-state index in [0.717, 1.165) is 12.5 Å². The third-order valence-corrected chi connectivity index (χ3v) is 5.03. The summed E-state index contributed by atoms with van der Waals surface area (Å²) in [6.45, 7) is 0. The summed E-state index contributed by atoms with van der Waals surface area (Å²) in [6.07, 6.45) is -2.72. The van der Waals surface area contributed by atoms with Gasteiger partial charge < -0.3 is 0 Å². The molecule has 5 heteroatoms. The lowest BCUT2D eigenvalue weighted by Crippen LogP contribution is -2.28. The van der Waals surface area contributed by atoms with Crippen LogP contribution in [0.5, 0.6) is 0 Å². The van der Waals surface area contributed by atoms with Gasteiger partial charge >= 0.3 is 6.18 Å². The molecule has 126 valence electrons. The second kappa shape index (κ2) is 6.60. The highest BCUT2D eigenvalue weighted by molar-refractivity contribution is 6.33. The Morgan fingerprint density at radius 3 is 2.33 bits per heavy atom. The fourth-order valence-corrected chi connectivity index (χ4v) is 3.58. The van der Waals surface area contributed by atoms with Crippen molar-refractivity contribution < 1.29 is 18.0 Å². The van der Waals surface area contributed by atoms with Crippen molar-refractivity contribution in [2.24, 2.45) is 5.92 Å². The van der Waals surface area contributed by atoms with E-state index in [9.17, 15) is 18.0 Å². The Kier molecular flexibility index (Phi) is 4.68. The molecule has 0 bridgehead atoms. The van der Waals surface area contributed by atoms with E-state index in [-0.39, 0.29) is 24.0 Å². The number of rotatable bonds is 4. The molecule has 1 aliphatic carbocycles. The van der Waals surface area contributed by atoms with Crippen LogP contribution in [0.1, 0.15) is 46.7 Å². The zero-order chi connectivity index (χ0) is 17.3. The van der Waals surface area contributed by atoms with Gasteiger partial charge in [-0.25, -0.2) is 0 Å². The smallest absolute Gasteiger partial charge is 0.294 e. The number of carbonyl (C=O) groups is 1. The van der Waals surface area contributed by atoms with Gasteiger partial charge in [0.15, 0.2) is 5.78 Å². The van der Waals surface area contributed by atoms with Gasteiger partial charge in [-0.1, -0.05) is 41.9 Å². The Balaban J connectivity index is 1.79. The third-order valence-electron chi connectivity index (χ3n) is 4.71. The molecule has 1 unspecified atom stereocenters. The maximum Gasteiger partial charge on any atom is 0.416 e. The van der Waals surface area contributed by atoms with E-state index in [1.54, 1.807) is 30.3 Å². The number of benzene rings is 2. The van der Waals surface area contributed by atoms with Gasteiger partial charge in [0.05, 0.1) is 10.6 Å². The van der Waals surface area contributed by atoms with Crippen molar-refractivity contribution in [3.63, 3.8) is 0 Å². The standard InChI is InChI=1S/C19H16ClF3O/c20-17-8-4-2-6-15(17)18(24)11-12-9-10-13(12)14-5-1-3-7-16(14)19(21,22)23/h1-8,12-13H,9-11H2/t12-,13?/m1/s1. The van der Waals surface area contributed by atoms with E-state index < -0.39 is 11.7 Å². The molecule has 0 saturated heterocycles. The predicted molar refractivity (Wildman–Crippen MR) is 87.3 cm³/mol. The Bertz CT molecular complexity index is 754. The van der Waals surface area contributed by atoms with Crippen molar-refractivity contribution in [3.05, 3.63) is 70.2 Å². The second-order valence-electron chi connectivity index (χ2n) is 6.14. The SMILES string of the molecule is O=C(C[C@H]1CCC1c1ccccc1C(F)(F)F)c1ccccc1Cl. The summed E-state index contributed by atoms with van der Waals surface area (Å²) in [5.41, 5.74) is 0.145. The van der Waals surface area contributed by atoms with Crippen LogP contribution in [0.3, 0.4) is 0 Å². The summed E-state index contributed by atoms with van der Waals surface area (Å²) >= 11 is 6.03. The summed E-state index contributed by atoms with van der Waals surface area (Å²) in [4.78, 5) is 12.4. The summed E-state index contributed by atoms with van der Waals surface area (Å²) in [7, 11) is 0. The minimum absolute atomic E-state index is 0.0720. The molecule has 1 aliphatic rings. The molecule has 2 aromatic rings. The maximum atomic E-state index is 13.2. The van der Waals surface area contributed by atoms with Crippen LogP contribution in [0.15, 0.2) is 48.5 Å². The number of hydrogen-bond donors (Lipinski definition) is 0. The molecule has 2 atom stereocenters. The van der Waals surface area contributed by atoms with Crippen molar-refractivity contribution in [3.8, 4) is 0 Å². The molecule has 0 N–H and O–H groups in total. The number of Topliss-reactive ketones (excluding diaryl/α,β-unsaturated/α-hetero) is 1. The molecule has 0 radical (unpaired) electrons. The van der Waals surface area contributed by atoms with Gasteiger partial charge in [0.1, 0.15) is 0 Å². The number of hydrogen-bond acceptors (Lipinski definition) is 1. The Labute approximate surface area is 143 Å². The zero-order valence-corrected chi connectivity index (χ0v) is 13.6. The van der Waals surface area contributed by atoms with Crippen LogP contribution in [0.4, 0.5) is 13.2 Å². The molecule has 3 rings (SSSR count). The normalized spacial score (nSPS) is 20.5. The van der Waals surface area contributed by atoms with Gasteiger partial charge in [0, 0.05) is 12.0 Å². The number of carbonyl (C=O) groups excluding carboxylic acids is 1. The first-order chi connectivity index (χ1) is 11.4. The molecule has 0 aliphatic heterocycles. The van der Waals surface area contributed by atoms with Crippen molar-refractivity contribution in [1.29, 1.82) is 0 Å². The molecular weight excluding hydrogens is 337 g/mol. The fourth-order valence-electron chi connectivity index (χ4n) is 3.34. The van der Waals surface area contributed by atoms with Crippen LogP contribution in [-0.4, -0.2) is 5.78 Å². The third kappa shape index (κ3) is 3.34. The molecule has 1 saturated carbocycles. The van der Waals surface area contributed by atoms with Gasteiger partial charge in [-0.05, 0) is 48.4 Å². The van der Waals surface area contributed by atoms with E-state index in [2.05, 4.69) is 0 Å². The fraction of sp³-hybridized carbons (Fsp3) is 0.316. The van der Waals surface area contributed by atoms with Crippen LogP contribution in [0.25, 0.3) is 0 Å². The summed E-state index contributed by atoms with van der Waals surface area (Å²) in [5.74, 6) is -0.411. The van der Waals surface area contributed by atoms with Crippen molar-refractivity contribution >= 4 is 17.4 Å². The molecule has 1 fully saturated rings. The highest BCUT2D eigenvalue weighted by Gasteiger charge is 2.40. The molecule has 2 aromatic carbocycles. The van der Waals surface area contributed by atoms with E-state index in [1.165, 1.54) is 12.1 Å². The quantitative estimate of drug-likeness (QED) is 0.605. The predicted octanol–water partition coefficient (Wildman–Crippen LogP) is 6.13. The van der Waals surface area contributed by atoms with Gasteiger partial charge in [0.25, 0.3) is 0 Å². The summed E-state index contributed by atoms with van der Waals surface area (Å²) in [6, 6.07) is 12.4. The highest BCUT2D eigenvalue weighted by atomic mass is 35.5. The van der Waals surface area contributed by atoms with Crippen LogP contribution < -0.4 is 0 Å². The van der Waals surface area contributed by atoms with Gasteiger partial charge in [-0.15, -0.1) is 0 Å². The van der Waals surface area contributed by atoms with Crippen LogP contribution >= 0.6 is 11.6 Å². The molecule has 1 nitrogen and oxygen atoms in total. The lowest BCUT2D eigenvalue weighted by molar-refractivity contribution is -0.138. The summed E-state index contributed by atoms with van der Waals surface area (Å²) < 4.78 is 39.6. The lowest BCUT2D eigenvalue weighted by Gasteiger charge is -2.38. The van der Waals surface area contributed by atoms with Crippen LogP contribution in [-0.2, 0) is 6.18 Å². The van der Waals surface area contributed by atoms with E-state index >= 15 is 0 Å². The minimum Gasteiger partial charge on any atom is -0.294 e. The number of ketones is 1. The van der Waals surface area contributed by atoms with E-state index in [0.29, 0.717) is 22.6 Å². The summed E-state index contributed by atoms with van der Waals surface area (Å²) in [5, 5.41) is 0.383. The Morgan fingerprint density at radius 2 is 1.71 bits per heavy atom. The van der Waals surface area contributed by atoms with Gasteiger partial charge in [-0.3, -0.25) is 4.79 Å². The average molecular weight is 353 g/mol. The molecule has 24 heavy (non-hydrogen) atoms. The number of alkyl halides is 3. The molecule has 0 aromatic heterocycles. The van der Waals surface area contributed by atoms with E-state index in [1.807, 2.05) is 0 Å². The Hall–Kier alpha value is -1.81. The van der Waals surface area contributed by atoms with Gasteiger partial charge in [0.2, 0.25) is 0 Å². The minimum atomic E-state index is -4.37. The van der Waals surface area contributed by atoms with Crippen LogP contribution in [0.2, 0.25) is 5.02 Å².